The van der Waals surface area contributed by atoms with Gasteiger partial charge in [0.05, 0.1) is 12.3 Å². The highest BCUT2D eigenvalue weighted by Gasteiger charge is 2.01. The molecule has 0 saturated heterocycles. The van der Waals surface area contributed by atoms with Gasteiger partial charge in [0.25, 0.3) is 0 Å². The molecule has 3 nitrogen and oxygen atoms in total. The molecule has 0 bridgehead atoms. The molecule has 0 spiro atoms. The molecule has 0 N–H and O–H groups in total. The smallest absolute Gasteiger partial charge is 0.190 e. The molecule has 1 aromatic heterocycles. The number of hydrogen-bond acceptors (Lipinski definition) is 3. The van der Waals surface area contributed by atoms with Crippen LogP contribution < -0.4 is 9.54 Å². The topological polar surface area (TPSA) is 26.5 Å². The zero-order valence-electron chi connectivity index (χ0n) is 11.7. The summed E-state index contributed by atoms with van der Waals surface area (Å²) in [5.74, 6) is 0.894. The lowest BCUT2D eigenvalue weighted by Gasteiger charge is -2.04. The van der Waals surface area contributed by atoms with Crippen LogP contribution in [0.2, 0.25) is 0 Å². The molecule has 0 amide bonds. The van der Waals surface area contributed by atoms with Crippen LogP contribution in [0.15, 0.2) is 34.6 Å². The second-order valence-corrected chi connectivity index (χ2v) is 4.98. The predicted molar refractivity (Wildman–Crippen MR) is 80.2 cm³/mol. The van der Waals surface area contributed by atoms with Crippen LogP contribution in [0.1, 0.15) is 26.5 Å². The molecule has 0 aliphatic rings. The Hall–Kier alpha value is -1.55. The molecular weight excluding hydrogens is 256 g/mol. The zero-order chi connectivity index (χ0) is 13.7. The van der Waals surface area contributed by atoms with Gasteiger partial charge in [-0.25, -0.2) is 4.99 Å². The fraction of sp³-hybridized carbons (Fsp3) is 0.400. The van der Waals surface area contributed by atoms with E-state index in [9.17, 15) is 0 Å². The Labute approximate surface area is 118 Å². The molecule has 0 fully saturated rings. The van der Waals surface area contributed by atoms with E-state index in [2.05, 4.69) is 23.8 Å². The van der Waals surface area contributed by atoms with Crippen LogP contribution in [0.25, 0.3) is 0 Å². The highest BCUT2D eigenvalue weighted by molar-refractivity contribution is 7.07. The number of thiazole rings is 1. The number of nitrogens with zero attached hydrogens (tertiary/aromatic N) is 2. The highest BCUT2D eigenvalue weighted by Crippen LogP contribution is 2.18. The first-order valence-corrected chi connectivity index (χ1v) is 7.61. The third-order valence-electron chi connectivity index (χ3n) is 2.93. The Morgan fingerprint density at radius 1 is 1.16 bits per heavy atom. The quantitative estimate of drug-likeness (QED) is 0.816. The minimum Gasteiger partial charge on any atom is -0.494 e. The van der Waals surface area contributed by atoms with E-state index in [0.29, 0.717) is 6.61 Å². The predicted octanol–water partition coefficient (Wildman–Crippen LogP) is 3.76. The van der Waals surface area contributed by atoms with Crippen LogP contribution in [0.4, 0.5) is 5.69 Å². The summed E-state index contributed by atoms with van der Waals surface area (Å²) in [7, 11) is 0. The van der Waals surface area contributed by atoms with Crippen molar-refractivity contribution in [2.45, 2.75) is 33.7 Å². The molecule has 0 unspecified atom stereocenters. The van der Waals surface area contributed by atoms with Gasteiger partial charge in [0.2, 0.25) is 0 Å². The normalized spacial score (nSPS) is 11.8. The summed E-state index contributed by atoms with van der Waals surface area (Å²) >= 11 is 1.70. The van der Waals surface area contributed by atoms with E-state index in [1.54, 1.807) is 11.3 Å². The van der Waals surface area contributed by atoms with Gasteiger partial charge in [0.1, 0.15) is 5.75 Å². The lowest BCUT2D eigenvalue weighted by Crippen LogP contribution is -2.15. The molecule has 0 aliphatic carbocycles. The van der Waals surface area contributed by atoms with Crippen molar-refractivity contribution in [1.29, 1.82) is 0 Å². The molecule has 2 aromatic rings. The average Bonchev–Trinajstić information content (AvgIpc) is 2.83. The average molecular weight is 276 g/mol. The fourth-order valence-corrected chi connectivity index (χ4v) is 3.03. The van der Waals surface area contributed by atoms with Crippen LogP contribution in [0, 0.1) is 0 Å². The molecule has 0 saturated carbocycles. The second-order valence-electron chi connectivity index (χ2n) is 4.15. The van der Waals surface area contributed by atoms with Gasteiger partial charge in [-0.3, -0.25) is 0 Å². The lowest BCUT2D eigenvalue weighted by atomic mass is 10.3. The third kappa shape index (κ3) is 3.26. The van der Waals surface area contributed by atoms with Crippen LogP contribution >= 0.6 is 11.3 Å². The van der Waals surface area contributed by atoms with Gasteiger partial charge in [-0.05, 0) is 44.5 Å². The number of aromatic nitrogens is 1. The summed E-state index contributed by atoms with van der Waals surface area (Å²) in [5, 5.41) is 2.19. The molecule has 0 aliphatic heterocycles. The van der Waals surface area contributed by atoms with Gasteiger partial charge >= 0.3 is 0 Å². The molecular formula is C15H20N2OS. The zero-order valence-corrected chi connectivity index (χ0v) is 12.5. The van der Waals surface area contributed by atoms with Gasteiger partial charge in [0.15, 0.2) is 4.80 Å². The van der Waals surface area contributed by atoms with Crippen molar-refractivity contribution in [1.82, 2.24) is 4.57 Å². The largest absolute Gasteiger partial charge is 0.494 e. The SMILES string of the molecule is CCOc1ccc(N=c2scc(CC)n2CC)cc1. The summed E-state index contributed by atoms with van der Waals surface area (Å²) in [6.45, 7) is 7.97. The molecule has 2 rings (SSSR count). The molecule has 0 atom stereocenters. The van der Waals surface area contributed by atoms with Gasteiger partial charge < -0.3 is 9.30 Å². The lowest BCUT2D eigenvalue weighted by molar-refractivity contribution is 0.340. The highest BCUT2D eigenvalue weighted by atomic mass is 32.1. The first-order chi connectivity index (χ1) is 9.28. The number of ether oxygens (including phenoxy) is 1. The molecule has 1 aromatic carbocycles. The van der Waals surface area contributed by atoms with Crippen LogP contribution in [-0.2, 0) is 13.0 Å². The monoisotopic (exact) mass is 276 g/mol. The maximum absolute atomic E-state index is 5.43. The van der Waals surface area contributed by atoms with Crippen LogP contribution in [-0.4, -0.2) is 11.2 Å². The maximum atomic E-state index is 5.43. The summed E-state index contributed by atoms with van der Waals surface area (Å²) in [6.07, 6.45) is 1.04. The number of rotatable bonds is 5. The van der Waals surface area contributed by atoms with E-state index in [0.717, 1.165) is 29.2 Å². The second kappa shape index (κ2) is 6.57. The molecule has 1 heterocycles. The third-order valence-corrected chi connectivity index (χ3v) is 3.84. The van der Waals surface area contributed by atoms with Crippen molar-refractivity contribution in [3.05, 3.63) is 40.1 Å². The van der Waals surface area contributed by atoms with E-state index >= 15 is 0 Å². The minimum absolute atomic E-state index is 0.692. The van der Waals surface area contributed by atoms with E-state index in [4.69, 9.17) is 9.73 Å². The summed E-state index contributed by atoms with van der Waals surface area (Å²) in [6, 6.07) is 7.92. The summed E-state index contributed by atoms with van der Waals surface area (Å²) < 4.78 is 7.70. The maximum Gasteiger partial charge on any atom is 0.190 e. The van der Waals surface area contributed by atoms with Crippen LogP contribution in [0.5, 0.6) is 5.75 Å². The van der Waals surface area contributed by atoms with Crippen molar-refractivity contribution >= 4 is 17.0 Å². The van der Waals surface area contributed by atoms with E-state index in [-0.39, 0.29) is 0 Å². The Morgan fingerprint density at radius 3 is 2.47 bits per heavy atom. The molecule has 102 valence electrons. The van der Waals surface area contributed by atoms with Gasteiger partial charge in [-0.15, -0.1) is 11.3 Å². The van der Waals surface area contributed by atoms with Gasteiger partial charge in [0, 0.05) is 17.6 Å². The van der Waals surface area contributed by atoms with E-state index in [1.165, 1.54) is 5.69 Å². The molecule has 4 heteroatoms. The Bertz CT molecular complexity index is 581. The first-order valence-electron chi connectivity index (χ1n) is 6.73. The molecule has 0 radical (unpaired) electrons. The van der Waals surface area contributed by atoms with Crippen molar-refractivity contribution < 1.29 is 4.74 Å². The Balaban J connectivity index is 2.32. The van der Waals surface area contributed by atoms with Crippen LogP contribution in [0.3, 0.4) is 0 Å². The van der Waals surface area contributed by atoms with E-state index in [1.807, 2.05) is 31.2 Å². The fourth-order valence-electron chi connectivity index (χ4n) is 1.96. The van der Waals surface area contributed by atoms with Crippen molar-refractivity contribution in [3.63, 3.8) is 0 Å². The number of hydrogen-bond donors (Lipinski definition) is 0. The van der Waals surface area contributed by atoms with E-state index < -0.39 is 0 Å². The van der Waals surface area contributed by atoms with Gasteiger partial charge in [-0.1, -0.05) is 6.92 Å². The number of aryl methyl sites for hydroxylation is 1. The Kier molecular flexibility index (Phi) is 4.80. The van der Waals surface area contributed by atoms with Crippen molar-refractivity contribution in [2.75, 3.05) is 6.61 Å². The van der Waals surface area contributed by atoms with Crippen molar-refractivity contribution in [2.24, 2.45) is 4.99 Å². The standard InChI is InChI=1S/C15H20N2OS/c1-4-13-11-19-15(17(13)5-2)16-12-7-9-14(10-8-12)18-6-3/h7-11H,4-6H2,1-3H3. The minimum atomic E-state index is 0.692. The number of benzene rings is 1. The summed E-state index contributed by atoms with van der Waals surface area (Å²) in [4.78, 5) is 5.77. The summed E-state index contributed by atoms with van der Waals surface area (Å²) in [5.41, 5.74) is 2.31. The van der Waals surface area contributed by atoms with Crippen molar-refractivity contribution in [3.8, 4) is 5.75 Å². The Morgan fingerprint density at radius 2 is 1.89 bits per heavy atom. The first kappa shape index (κ1) is 13.9. The molecule has 19 heavy (non-hydrogen) atoms. The van der Waals surface area contributed by atoms with Gasteiger partial charge in [-0.2, -0.15) is 0 Å².